The minimum Gasteiger partial charge on any atom is -0.337 e. The third-order valence-corrected chi connectivity index (χ3v) is 3.16. The maximum Gasteiger partial charge on any atom is 0.243 e. The number of aromatic nitrogens is 4. The van der Waals surface area contributed by atoms with Crippen molar-refractivity contribution >= 4 is 0 Å². The molecular weight excluding hydrogens is 266 g/mol. The standard InChI is InChI=1S/C15H15N5O/c16-12(7-6-11-4-2-1-3-5-11)15-19-14(20-21-15)13-8-9-17-10-18-13/h1-5,8-10,12H,6-7,16H2/t12-/m0/s1. The molecule has 3 rings (SSSR count). The number of hydrogen-bond acceptors (Lipinski definition) is 6. The normalized spacial score (nSPS) is 12.2. The molecule has 0 aliphatic rings. The van der Waals surface area contributed by atoms with Crippen LogP contribution in [0.4, 0.5) is 0 Å². The van der Waals surface area contributed by atoms with Crippen molar-refractivity contribution in [1.29, 1.82) is 0 Å². The molecule has 1 aromatic carbocycles. The van der Waals surface area contributed by atoms with E-state index in [9.17, 15) is 0 Å². The van der Waals surface area contributed by atoms with Crippen molar-refractivity contribution in [2.45, 2.75) is 18.9 Å². The summed E-state index contributed by atoms with van der Waals surface area (Å²) in [6.07, 6.45) is 4.69. The first-order valence-corrected chi connectivity index (χ1v) is 6.72. The van der Waals surface area contributed by atoms with Gasteiger partial charge in [-0.1, -0.05) is 35.5 Å². The topological polar surface area (TPSA) is 90.7 Å². The largest absolute Gasteiger partial charge is 0.337 e. The summed E-state index contributed by atoms with van der Waals surface area (Å²) in [7, 11) is 0. The zero-order chi connectivity index (χ0) is 14.5. The van der Waals surface area contributed by atoms with E-state index in [2.05, 4.69) is 32.2 Å². The lowest BCUT2D eigenvalue weighted by atomic mass is 10.1. The Hall–Kier alpha value is -2.60. The molecule has 21 heavy (non-hydrogen) atoms. The summed E-state index contributed by atoms with van der Waals surface area (Å²) in [6, 6.07) is 11.6. The van der Waals surface area contributed by atoms with E-state index in [1.165, 1.54) is 11.9 Å². The van der Waals surface area contributed by atoms with Gasteiger partial charge in [0.1, 0.15) is 12.0 Å². The van der Waals surface area contributed by atoms with Crippen molar-refractivity contribution < 1.29 is 4.52 Å². The van der Waals surface area contributed by atoms with Crippen LogP contribution >= 0.6 is 0 Å². The van der Waals surface area contributed by atoms with E-state index in [4.69, 9.17) is 10.3 Å². The highest BCUT2D eigenvalue weighted by atomic mass is 16.5. The van der Waals surface area contributed by atoms with E-state index in [0.717, 1.165) is 12.8 Å². The second-order valence-corrected chi connectivity index (χ2v) is 4.68. The van der Waals surface area contributed by atoms with Crippen LogP contribution in [0.5, 0.6) is 0 Å². The maximum absolute atomic E-state index is 6.11. The number of nitrogens with zero attached hydrogens (tertiary/aromatic N) is 4. The second kappa shape index (κ2) is 6.23. The molecule has 0 saturated heterocycles. The zero-order valence-corrected chi connectivity index (χ0v) is 11.4. The highest BCUT2D eigenvalue weighted by Crippen LogP contribution is 2.18. The quantitative estimate of drug-likeness (QED) is 0.770. The molecule has 6 nitrogen and oxygen atoms in total. The summed E-state index contributed by atoms with van der Waals surface area (Å²) in [5, 5.41) is 3.91. The molecule has 2 N–H and O–H groups in total. The first kappa shape index (κ1) is 13.4. The Morgan fingerprint density at radius 3 is 2.76 bits per heavy atom. The Morgan fingerprint density at radius 2 is 2.00 bits per heavy atom. The first-order chi connectivity index (χ1) is 10.3. The van der Waals surface area contributed by atoms with E-state index in [1.807, 2.05) is 18.2 Å². The van der Waals surface area contributed by atoms with Crippen molar-refractivity contribution in [2.24, 2.45) is 5.73 Å². The summed E-state index contributed by atoms with van der Waals surface area (Å²) in [4.78, 5) is 12.2. The predicted molar refractivity (Wildman–Crippen MR) is 77.0 cm³/mol. The molecule has 2 aromatic heterocycles. The SMILES string of the molecule is N[C@@H](CCc1ccccc1)c1nc(-c2ccncn2)no1. The summed E-state index contributed by atoms with van der Waals surface area (Å²) in [5.41, 5.74) is 7.97. The van der Waals surface area contributed by atoms with Gasteiger partial charge in [0.2, 0.25) is 11.7 Å². The fourth-order valence-electron chi connectivity index (χ4n) is 2.00. The molecule has 0 spiro atoms. The number of benzene rings is 1. The van der Waals surface area contributed by atoms with Crippen molar-refractivity contribution in [3.8, 4) is 11.5 Å². The summed E-state index contributed by atoms with van der Waals surface area (Å²) >= 11 is 0. The molecule has 6 heteroatoms. The average Bonchev–Trinajstić information content (AvgIpc) is 3.04. The van der Waals surface area contributed by atoms with Gasteiger partial charge in [-0.2, -0.15) is 4.98 Å². The van der Waals surface area contributed by atoms with Gasteiger partial charge in [-0.25, -0.2) is 9.97 Å². The lowest BCUT2D eigenvalue weighted by Gasteiger charge is -2.06. The van der Waals surface area contributed by atoms with Gasteiger partial charge in [-0.15, -0.1) is 0 Å². The van der Waals surface area contributed by atoms with Crippen LogP contribution in [-0.2, 0) is 6.42 Å². The van der Waals surface area contributed by atoms with Crippen LogP contribution in [-0.4, -0.2) is 20.1 Å². The van der Waals surface area contributed by atoms with E-state index < -0.39 is 0 Å². The van der Waals surface area contributed by atoms with Crippen molar-refractivity contribution in [2.75, 3.05) is 0 Å². The van der Waals surface area contributed by atoms with Gasteiger partial charge in [0.15, 0.2) is 0 Å². The number of nitrogens with two attached hydrogens (primary N) is 1. The van der Waals surface area contributed by atoms with E-state index in [-0.39, 0.29) is 6.04 Å². The maximum atomic E-state index is 6.11. The van der Waals surface area contributed by atoms with Gasteiger partial charge in [-0.05, 0) is 24.5 Å². The molecule has 0 aliphatic heterocycles. The monoisotopic (exact) mass is 281 g/mol. The summed E-state index contributed by atoms with van der Waals surface area (Å²) in [6.45, 7) is 0. The van der Waals surface area contributed by atoms with Gasteiger partial charge >= 0.3 is 0 Å². The predicted octanol–water partition coefficient (Wildman–Crippen LogP) is 2.16. The minimum atomic E-state index is -0.284. The van der Waals surface area contributed by atoms with Gasteiger partial charge in [0.05, 0.1) is 6.04 Å². The average molecular weight is 281 g/mol. The molecule has 0 bridgehead atoms. The van der Waals surface area contributed by atoms with Gasteiger partial charge < -0.3 is 10.3 Å². The van der Waals surface area contributed by atoms with Crippen LogP contribution in [0, 0.1) is 0 Å². The molecule has 0 amide bonds. The molecule has 1 atom stereocenters. The molecular formula is C15H15N5O. The van der Waals surface area contributed by atoms with Crippen LogP contribution in [0.3, 0.4) is 0 Å². The molecule has 0 saturated carbocycles. The fourth-order valence-corrected chi connectivity index (χ4v) is 2.00. The highest BCUT2D eigenvalue weighted by molar-refractivity contribution is 5.46. The lowest BCUT2D eigenvalue weighted by molar-refractivity contribution is 0.349. The zero-order valence-electron chi connectivity index (χ0n) is 11.4. The molecule has 2 heterocycles. The number of rotatable bonds is 5. The van der Waals surface area contributed by atoms with Crippen LogP contribution in [0.1, 0.15) is 23.9 Å². The van der Waals surface area contributed by atoms with Crippen molar-refractivity contribution in [3.63, 3.8) is 0 Å². The van der Waals surface area contributed by atoms with Gasteiger partial charge in [0.25, 0.3) is 0 Å². The Morgan fingerprint density at radius 1 is 1.14 bits per heavy atom. The van der Waals surface area contributed by atoms with E-state index in [0.29, 0.717) is 17.4 Å². The first-order valence-electron chi connectivity index (χ1n) is 6.72. The molecule has 3 aromatic rings. The Labute approximate surface area is 122 Å². The third-order valence-electron chi connectivity index (χ3n) is 3.16. The molecule has 0 radical (unpaired) electrons. The van der Waals surface area contributed by atoms with E-state index >= 15 is 0 Å². The van der Waals surface area contributed by atoms with Crippen molar-refractivity contribution in [1.82, 2.24) is 20.1 Å². The number of aryl methyl sites for hydroxylation is 1. The van der Waals surface area contributed by atoms with Crippen LogP contribution < -0.4 is 5.73 Å². The van der Waals surface area contributed by atoms with Crippen LogP contribution in [0.2, 0.25) is 0 Å². The fraction of sp³-hybridized carbons (Fsp3) is 0.200. The van der Waals surface area contributed by atoms with Gasteiger partial charge in [-0.3, -0.25) is 0 Å². The minimum absolute atomic E-state index is 0.284. The Balaban J connectivity index is 1.66. The van der Waals surface area contributed by atoms with Crippen molar-refractivity contribution in [3.05, 3.63) is 60.4 Å². The highest BCUT2D eigenvalue weighted by Gasteiger charge is 2.16. The molecule has 0 unspecified atom stereocenters. The molecule has 0 fully saturated rings. The number of hydrogen-bond donors (Lipinski definition) is 1. The van der Waals surface area contributed by atoms with Crippen LogP contribution in [0.15, 0.2) is 53.4 Å². The Bertz CT molecular complexity index is 684. The second-order valence-electron chi connectivity index (χ2n) is 4.68. The smallest absolute Gasteiger partial charge is 0.243 e. The van der Waals surface area contributed by atoms with Crippen LogP contribution in [0.25, 0.3) is 11.5 Å². The molecule has 0 aliphatic carbocycles. The lowest BCUT2D eigenvalue weighted by Crippen LogP contribution is -2.11. The third kappa shape index (κ3) is 3.29. The molecule has 106 valence electrons. The van der Waals surface area contributed by atoms with Gasteiger partial charge in [0, 0.05) is 6.20 Å². The van der Waals surface area contributed by atoms with E-state index in [1.54, 1.807) is 12.3 Å². The Kier molecular flexibility index (Phi) is 3.97. The summed E-state index contributed by atoms with van der Waals surface area (Å²) < 4.78 is 5.22. The summed E-state index contributed by atoms with van der Waals surface area (Å²) in [5.74, 6) is 0.863.